The molecule has 2 aliphatic rings. The van der Waals surface area contributed by atoms with E-state index in [9.17, 15) is 4.57 Å². The monoisotopic (exact) mass is 302 g/mol. The molecule has 0 radical (unpaired) electrons. The SMILES string of the molecule is CCOP1(=O)O[C@H](C2CC2)C(C)(C)C=C1[Si](C)(C)C. The van der Waals surface area contributed by atoms with Crippen LogP contribution >= 0.6 is 7.60 Å². The van der Waals surface area contributed by atoms with E-state index in [0.29, 0.717) is 12.5 Å². The van der Waals surface area contributed by atoms with Gasteiger partial charge in [0.1, 0.15) is 0 Å². The van der Waals surface area contributed by atoms with Crippen molar-refractivity contribution in [1.82, 2.24) is 0 Å². The average molecular weight is 302 g/mol. The molecule has 0 N–H and O–H groups in total. The second kappa shape index (κ2) is 4.83. The molecule has 1 saturated carbocycles. The van der Waals surface area contributed by atoms with Crippen molar-refractivity contribution in [2.75, 3.05) is 6.61 Å². The Bertz CT molecular complexity index is 432. The Morgan fingerprint density at radius 3 is 2.42 bits per heavy atom. The first-order chi connectivity index (χ1) is 8.60. The predicted molar refractivity (Wildman–Crippen MR) is 82.0 cm³/mol. The molecule has 1 unspecified atom stereocenters. The average Bonchev–Trinajstić information content (AvgIpc) is 3.04. The summed E-state index contributed by atoms with van der Waals surface area (Å²) in [7, 11) is -4.79. The van der Waals surface area contributed by atoms with Gasteiger partial charge in [-0.3, -0.25) is 4.57 Å². The van der Waals surface area contributed by atoms with Gasteiger partial charge in [0.15, 0.2) is 0 Å². The van der Waals surface area contributed by atoms with E-state index in [4.69, 9.17) is 9.05 Å². The minimum atomic E-state index is -3.07. The summed E-state index contributed by atoms with van der Waals surface area (Å²) < 4.78 is 24.9. The highest BCUT2D eigenvalue weighted by atomic mass is 31.2. The molecule has 110 valence electrons. The maximum atomic E-state index is 13.2. The van der Waals surface area contributed by atoms with Gasteiger partial charge >= 0.3 is 7.60 Å². The van der Waals surface area contributed by atoms with Gasteiger partial charge in [0.05, 0.1) is 20.8 Å². The smallest absolute Gasteiger partial charge is 0.306 e. The normalized spacial score (nSPS) is 35.1. The molecule has 1 heterocycles. The van der Waals surface area contributed by atoms with E-state index in [2.05, 4.69) is 39.6 Å². The van der Waals surface area contributed by atoms with Crippen LogP contribution in [0.15, 0.2) is 11.0 Å². The van der Waals surface area contributed by atoms with Crippen molar-refractivity contribution in [2.45, 2.75) is 59.4 Å². The number of hydrogen-bond acceptors (Lipinski definition) is 3. The molecule has 1 aliphatic heterocycles. The molecule has 2 atom stereocenters. The third-order valence-electron chi connectivity index (χ3n) is 3.91. The molecule has 0 saturated heterocycles. The van der Waals surface area contributed by atoms with E-state index >= 15 is 0 Å². The highest BCUT2D eigenvalue weighted by Gasteiger charge is 2.52. The molecule has 0 spiro atoms. The standard InChI is InChI=1S/C14H27O3PSi/c1-7-16-18(15)12(19(4,5)6)10-14(2,3)13(17-18)11-8-9-11/h10-11,13H,7-9H2,1-6H3/t13-,18?/m1/s1. The largest absolute Gasteiger partial charge is 0.353 e. The van der Waals surface area contributed by atoms with Crippen molar-refractivity contribution in [3.05, 3.63) is 11.0 Å². The molecular weight excluding hydrogens is 275 g/mol. The predicted octanol–water partition coefficient (Wildman–Crippen LogP) is 4.81. The topological polar surface area (TPSA) is 35.5 Å². The summed E-state index contributed by atoms with van der Waals surface area (Å²) in [6, 6.07) is 0. The maximum absolute atomic E-state index is 13.2. The van der Waals surface area contributed by atoms with E-state index in [0.717, 1.165) is 4.94 Å². The van der Waals surface area contributed by atoms with Crippen LogP contribution in [0.4, 0.5) is 0 Å². The molecule has 0 bridgehead atoms. The van der Waals surface area contributed by atoms with Gasteiger partial charge in [-0.2, -0.15) is 0 Å². The fourth-order valence-corrected chi connectivity index (χ4v) is 9.18. The summed E-state index contributed by atoms with van der Waals surface area (Å²) >= 11 is 0. The van der Waals surface area contributed by atoms with Crippen LogP contribution in [0.3, 0.4) is 0 Å². The lowest BCUT2D eigenvalue weighted by atomic mass is 9.84. The molecule has 0 aromatic carbocycles. The molecule has 5 heteroatoms. The van der Waals surface area contributed by atoms with Gasteiger partial charge in [0.25, 0.3) is 0 Å². The van der Waals surface area contributed by atoms with Crippen molar-refractivity contribution < 1.29 is 13.6 Å². The summed E-state index contributed by atoms with van der Waals surface area (Å²) in [5.41, 5.74) is -0.0399. The van der Waals surface area contributed by atoms with Gasteiger partial charge in [-0.25, -0.2) is 0 Å². The highest BCUT2D eigenvalue weighted by Crippen LogP contribution is 2.67. The van der Waals surface area contributed by atoms with Crippen LogP contribution < -0.4 is 0 Å². The second-order valence-electron chi connectivity index (χ2n) is 7.38. The van der Waals surface area contributed by atoms with Crippen LogP contribution in [-0.2, 0) is 13.6 Å². The first-order valence-corrected chi connectivity index (χ1v) is 12.3. The fraction of sp³-hybridized carbons (Fsp3) is 0.857. The third-order valence-corrected chi connectivity index (χ3v) is 10.2. The van der Waals surface area contributed by atoms with Crippen molar-refractivity contribution in [1.29, 1.82) is 0 Å². The molecule has 1 aliphatic carbocycles. The third kappa shape index (κ3) is 3.07. The van der Waals surface area contributed by atoms with Gasteiger partial charge in [0.2, 0.25) is 0 Å². The molecule has 0 aromatic rings. The lowest BCUT2D eigenvalue weighted by Gasteiger charge is -2.43. The summed E-state index contributed by atoms with van der Waals surface area (Å²) in [5.74, 6) is 0.559. The zero-order valence-electron chi connectivity index (χ0n) is 13.0. The molecule has 2 rings (SSSR count). The minimum Gasteiger partial charge on any atom is -0.306 e. The van der Waals surface area contributed by atoms with Gasteiger partial charge in [-0.15, -0.1) is 0 Å². The highest BCUT2D eigenvalue weighted by molar-refractivity contribution is 7.62. The summed E-state index contributed by atoms with van der Waals surface area (Å²) in [4.78, 5) is 0.976. The summed E-state index contributed by atoms with van der Waals surface area (Å²) in [6.07, 6.45) is 4.65. The Hall–Kier alpha value is 0.107. The van der Waals surface area contributed by atoms with Crippen LogP contribution in [-0.4, -0.2) is 20.8 Å². The Kier molecular flexibility index (Phi) is 3.94. The van der Waals surface area contributed by atoms with Crippen molar-refractivity contribution in [3.63, 3.8) is 0 Å². The summed E-state index contributed by atoms with van der Waals surface area (Å²) in [6.45, 7) is 13.4. The first-order valence-electron chi connectivity index (χ1n) is 7.27. The molecule has 0 amide bonds. The van der Waals surface area contributed by atoms with Crippen LogP contribution in [0, 0.1) is 11.3 Å². The van der Waals surface area contributed by atoms with Crippen LogP contribution in [0.25, 0.3) is 0 Å². The number of hydrogen-bond donors (Lipinski definition) is 0. The second-order valence-corrected chi connectivity index (χ2v) is 14.8. The van der Waals surface area contributed by atoms with Crippen molar-refractivity contribution in [2.24, 2.45) is 11.3 Å². The minimum absolute atomic E-state index is 0.0399. The maximum Gasteiger partial charge on any atom is 0.353 e. The van der Waals surface area contributed by atoms with E-state index in [1.165, 1.54) is 12.8 Å². The zero-order valence-corrected chi connectivity index (χ0v) is 14.9. The Labute approximate surface area is 118 Å². The molecule has 1 fully saturated rings. The van der Waals surface area contributed by atoms with E-state index in [1.54, 1.807) is 0 Å². The van der Waals surface area contributed by atoms with E-state index in [-0.39, 0.29) is 11.5 Å². The Morgan fingerprint density at radius 1 is 1.42 bits per heavy atom. The Morgan fingerprint density at radius 2 is 2.00 bits per heavy atom. The van der Waals surface area contributed by atoms with Crippen molar-refractivity contribution >= 4 is 15.7 Å². The lowest BCUT2D eigenvalue weighted by Crippen LogP contribution is -2.39. The van der Waals surface area contributed by atoms with E-state index in [1.807, 2.05) is 6.92 Å². The van der Waals surface area contributed by atoms with Gasteiger partial charge in [0, 0.05) is 10.4 Å². The molecule has 0 aromatic heterocycles. The van der Waals surface area contributed by atoms with Crippen LogP contribution in [0.2, 0.25) is 19.6 Å². The van der Waals surface area contributed by atoms with Crippen molar-refractivity contribution in [3.8, 4) is 0 Å². The lowest BCUT2D eigenvalue weighted by molar-refractivity contribution is 0.0595. The molecular formula is C14H27O3PSi. The summed E-state index contributed by atoms with van der Waals surface area (Å²) in [5, 5.41) is 0. The van der Waals surface area contributed by atoms with Gasteiger partial charge in [-0.1, -0.05) is 39.6 Å². The van der Waals surface area contributed by atoms with E-state index < -0.39 is 15.7 Å². The fourth-order valence-electron chi connectivity index (χ4n) is 2.85. The van der Waals surface area contributed by atoms with Gasteiger partial charge in [-0.05, 0) is 25.7 Å². The molecule has 19 heavy (non-hydrogen) atoms. The van der Waals surface area contributed by atoms with Crippen LogP contribution in [0.1, 0.15) is 33.6 Å². The quantitative estimate of drug-likeness (QED) is 0.552. The first kappa shape index (κ1) is 15.5. The van der Waals surface area contributed by atoms with Crippen LogP contribution in [0.5, 0.6) is 0 Å². The molecule has 3 nitrogen and oxygen atoms in total. The zero-order chi connectivity index (χ0) is 14.5. The number of rotatable bonds is 4. The Balaban J connectivity index is 2.44. The van der Waals surface area contributed by atoms with Gasteiger partial charge < -0.3 is 9.05 Å².